The third-order valence-corrected chi connectivity index (χ3v) is 7.98. The quantitative estimate of drug-likeness (QED) is 0.878. The number of methoxy groups -OCH3 is 1. The SMILES string of the molecule is COc1ccc2c(c1)C(C)(C)[C@H]1CN(S(=O)(=O)c3ccc(C)cc3)C[C@@H]1N2. The molecule has 2 atom stereocenters. The number of nitrogens with one attached hydrogen (secondary N) is 1. The average molecular weight is 387 g/mol. The first-order valence-electron chi connectivity index (χ1n) is 9.25. The smallest absolute Gasteiger partial charge is 0.243 e. The topological polar surface area (TPSA) is 58.6 Å². The Hall–Kier alpha value is -2.05. The van der Waals surface area contributed by atoms with E-state index in [-0.39, 0.29) is 17.4 Å². The number of aryl methyl sites for hydroxylation is 1. The van der Waals surface area contributed by atoms with Crippen LogP contribution in [-0.4, -0.2) is 39.0 Å². The lowest BCUT2D eigenvalue weighted by Crippen LogP contribution is -2.45. The largest absolute Gasteiger partial charge is 0.497 e. The van der Waals surface area contributed by atoms with E-state index in [0.717, 1.165) is 17.0 Å². The van der Waals surface area contributed by atoms with Gasteiger partial charge in [0.1, 0.15) is 5.75 Å². The minimum atomic E-state index is -3.50. The summed E-state index contributed by atoms with van der Waals surface area (Å²) in [6.45, 7) is 7.35. The minimum absolute atomic E-state index is 0.0983. The molecular formula is C21H26N2O3S. The predicted octanol–water partition coefficient (Wildman–Crippen LogP) is 3.40. The van der Waals surface area contributed by atoms with Gasteiger partial charge in [0.15, 0.2) is 0 Å². The average Bonchev–Trinajstić information content (AvgIpc) is 3.08. The predicted molar refractivity (Wildman–Crippen MR) is 107 cm³/mol. The molecule has 0 bridgehead atoms. The van der Waals surface area contributed by atoms with E-state index in [2.05, 4.69) is 25.2 Å². The van der Waals surface area contributed by atoms with E-state index in [1.807, 2.05) is 31.2 Å². The summed E-state index contributed by atoms with van der Waals surface area (Å²) in [4.78, 5) is 0.365. The number of nitrogens with zero attached hydrogens (tertiary/aromatic N) is 1. The maximum atomic E-state index is 13.2. The van der Waals surface area contributed by atoms with Crippen LogP contribution < -0.4 is 10.1 Å². The van der Waals surface area contributed by atoms with Gasteiger partial charge in [-0.25, -0.2) is 8.42 Å². The first-order chi connectivity index (χ1) is 12.7. The Morgan fingerprint density at radius 1 is 1.11 bits per heavy atom. The van der Waals surface area contributed by atoms with Crippen LogP contribution in [0, 0.1) is 12.8 Å². The molecule has 5 nitrogen and oxygen atoms in total. The molecule has 144 valence electrons. The van der Waals surface area contributed by atoms with E-state index in [1.54, 1.807) is 23.5 Å². The highest BCUT2D eigenvalue weighted by atomic mass is 32.2. The van der Waals surface area contributed by atoms with E-state index in [1.165, 1.54) is 5.56 Å². The molecule has 0 unspecified atom stereocenters. The Morgan fingerprint density at radius 3 is 2.48 bits per heavy atom. The minimum Gasteiger partial charge on any atom is -0.497 e. The molecule has 1 fully saturated rings. The molecule has 4 rings (SSSR count). The van der Waals surface area contributed by atoms with Crippen molar-refractivity contribution >= 4 is 15.7 Å². The van der Waals surface area contributed by atoms with Crippen molar-refractivity contribution in [1.82, 2.24) is 4.31 Å². The number of hydrogen-bond donors (Lipinski definition) is 1. The third kappa shape index (κ3) is 2.91. The van der Waals surface area contributed by atoms with E-state index in [4.69, 9.17) is 4.74 Å². The lowest BCUT2D eigenvalue weighted by molar-refractivity contribution is 0.303. The zero-order valence-corrected chi connectivity index (χ0v) is 17.0. The van der Waals surface area contributed by atoms with Gasteiger partial charge in [0, 0.05) is 30.7 Å². The molecule has 2 aliphatic rings. The van der Waals surface area contributed by atoms with Gasteiger partial charge in [-0.3, -0.25) is 0 Å². The highest BCUT2D eigenvalue weighted by molar-refractivity contribution is 7.89. The van der Waals surface area contributed by atoms with Crippen molar-refractivity contribution in [1.29, 1.82) is 0 Å². The van der Waals surface area contributed by atoms with Crippen LogP contribution in [0.15, 0.2) is 47.4 Å². The molecule has 6 heteroatoms. The first kappa shape index (κ1) is 18.3. The summed E-state index contributed by atoms with van der Waals surface area (Å²) in [5.74, 6) is 1.02. The van der Waals surface area contributed by atoms with Crippen LogP contribution in [0.3, 0.4) is 0 Å². The summed E-state index contributed by atoms with van der Waals surface area (Å²) in [5, 5.41) is 3.57. The molecule has 0 radical (unpaired) electrons. The number of hydrogen-bond acceptors (Lipinski definition) is 4. The lowest BCUT2D eigenvalue weighted by Gasteiger charge is -2.42. The van der Waals surface area contributed by atoms with Crippen LogP contribution in [0.5, 0.6) is 5.75 Å². The molecule has 1 saturated heterocycles. The molecule has 2 aromatic rings. The molecule has 2 aromatic carbocycles. The van der Waals surface area contributed by atoms with Crippen LogP contribution in [0.1, 0.15) is 25.0 Å². The molecule has 1 N–H and O–H groups in total. The van der Waals surface area contributed by atoms with Crippen molar-refractivity contribution in [3.05, 3.63) is 53.6 Å². The van der Waals surface area contributed by atoms with Gasteiger partial charge in [0.05, 0.1) is 12.0 Å². The molecule has 0 spiro atoms. The van der Waals surface area contributed by atoms with Gasteiger partial charge in [0.2, 0.25) is 10.0 Å². The number of fused-ring (bicyclic) bond motifs is 2. The Bertz CT molecular complexity index is 967. The molecule has 0 amide bonds. The van der Waals surface area contributed by atoms with Crippen molar-refractivity contribution in [3.63, 3.8) is 0 Å². The maximum Gasteiger partial charge on any atom is 0.243 e. The van der Waals surface area contributed by atoms with Gasteiger partial charge in [-0.15, -0.1) is 0 Å². The number of benzene rings is 2. The summed E-state index contributed by atoms with van der Waals surface area (Å²) in [6, 6.07) is 13.2. The second kappa shape index (κ2) is 6.24. The Balaban J connectivity index is 1.67. The van der Waals surface area contributed by atoms with Crippen molar-refractivity contribution in [2.45, 2.75) is 37.1 Å². The molecule has 0 aliphatic carbocycles. The molecule has 0 aromatic heterocycles. The van der Waals surface area contributed by atoms with Gasteiger partial charge >= 0.3 is 0 Å². The molecule has 27 heavy (non-hydrogen) atoms. The van der Waals surface area contributed by atoms with E-state index in [0.29, 0.717) is 18.0 Å². The normalized spacial score (nSPS) is 24.0. The zero-order chi connectivity index (χ0) is 19.4. The van der Waals surface area contributed by atoms with E-state index in [9.17, 15) is 8.42 Å². The molecular weight excluding hydrogens is 360 g/mol. The third-order valence-electron chi connectivity index (χ3n) is 6.13. The van der Waals surface area contributed by atoms with Crippen LogP contribution in [0.4, 0.5) is 5.69 Å². The van der Waals surface area contributed by atoms with Crippen molar-refractivity contribution in [2.24, 2.45) is 5.92 Å². The Kier molecular flexibility index (Phi) is 4.24. The fraction of sp³-hybridized carbons (Fsp3) is 0.429. The van der Waals surface area contributed by atoms with E-state index >= 15 is 0 Å². The number of ether oxygens (including phenoxy) is 1. The summed E-state index contributed by atoms with van der Waals surface area (Å²) in [6.07, 6.45) is 0. The Labute approximate surface area is 161 Å². The van der Waals surface area contributed by atoms with Crippen molar-refractivity contribution in [3.8, 4) is 5.75 Å². The fourth-order valence-electron chi connectivity index (χ4n) is 4.41. The standard InChI is InChI=1S/C21H26N2O3S/c1-14-5-8-16(9-6-14)27(24,25)23-12-18-20(13-23)22-19-10-7-15(26-4)11-17(19)21(18,2)3/h5-11,18,20,22H,12-13H2,1-4H3/t18-,20-/m0/s1. The molecule has 2 heterocycles. The van der Waals surface area contributed by atoms with Crippen LogP contribution >= 0.6 is 0 Å². The second-order valence-corrected chi connectivity index (χ2v) is 10.1. The number of rotatable bonds is 3. The first-order valence-corrected chi connectivity index (χ1v) is 10.7. The molecule has 0 saturated carbocycles. The molecule has 2 aliphatic heterocycles. The summed E-state index contributed by atoms with van der Waals surface area (Å²) < 4.78 is 33.3. The fourth-order valence-corrected chi connectivity index (χ4v) is 5.90. The monoisotopic (exact) mass is 386 g/mol. The lowest BCUT2D eigenvalue weighted by atomic mass is 9.68. The summed E-state index contributed by atoms with van der Waals surface area (Å²) >= 11 is 0. The van der Waals surface area contributed by atoms with Gasteiger partial charge < -0.3 is 10.1 Å². The van der Waals surface area contributed by atoms with Gasteiger partial charge in [-0.1, -0.05) is 31.5 Å². The Morgan fingerprint density at radius 2 is 1.81 bits per heavy atom. The van der Waals surface area contributed by atoms with Crippen molar-refractivity contribution < 1.29 is 13.2 Å². The maximum absolute atomic E-state index is 13.2. The number of anilines is 1. The zero-order valence-electron chi connectivity index (χ0n) is 16.2. The highest BCUT2D eigenvalue weighted by Crippen LogP contribution is 2.47. The summed E-state index contributed by atoms with van der Waals surface area (Å²) in [5.41, 5.74) is 3.14. The number of sulfonamides is 1. The van der Waals surface area contributed by atoms with Crippen LogP contribution in [-0.2, 0) is 15.4 Å². The second-order valence-electron chi connectivity index (χ2n) is 8.13. The van der Waals surface area contributed by atoms with Gasteiger partial charge in [0.25, 0.3) is 0 Å². The van der Waals surface area contributed by atoms with Crippen molar-refractivity contribution in [2.75, 3.05) is 25.5 Å². The van der Waals surface area contributed by atoms with Gasteiger partial charge in [-0.2, -0.15) is 4.31 Å². The van der Waals surface area contributed by atoms with Gasteiger partial charge in [-0.05, 0) is 48.2 Å². The highest BCUT2D eigenvalue weighted by Gasteiger charge is 2.50. The van der Waals surface area contributed by atoms with E-state index < -0.39 is 10.0 Å². The summed E-state index contributed by atoms with van der Waals surface area (Å²) in [7, 11) is -1.83. The van der Waals surface area contributed by atoms with Crippen LogP contribution in [0.25, 0.3) is 0 Å². The van der Waals surface area contributed by atoms with Crippen LogP contribution in [0.2, 0.25) is 0 Å².